The van der Waals surface area contributed by atoms with E-state index in [2.05, 4.69) is 18.8 Å². The van der Waals surface area contributed by atoms with E-state index < -0.39 is 0 Å². The number of methoxy groups -OCH3 is 1. The maximum atomic E-state index is 9.74. The van der Waals surface area contributed by atoms with Crippen molar-refractivity contribution in [2.24, 2.45) is 5.73 Å². The van der Waals surface area contributed by atoms with Gasteiger partial charge in [-0.2, -0.15) is 0 Å². The number of phenols is 2. The van der Waals surface area contributed by atoms with E-state index in [1.165, 1.54) is 13.5 Å². The van der Waals surface area contributed by atoms with Gasteiger partial charge in [0.1, 0.15) is 5.75 Å². The standard InChI is InChI=1S/C12H9NO.C7H8O2.C3H8.C2H7N/c14-11-7-3-6-10-12(11)8-4-1-2-5-9(8)13-10;1-9-7-5-3-2-4-6(7)8;1-3-2;1-2-3/h1-7,13-14H;2-5,8H,1H3;3H2,1-2H3;2-3H2,1H3. The molecule has 0 aliphatic rings. The van der Waals surface area contributed by atoms with Crippen molar-refractivity contribution in [1.82, 2.24) is 4.98 Å². The second kappa shape index (κ2) is 13.1. The molecule has 1 aromatic heterocycles. The van der Waals surface area contributed by atoms with Gasteiger partial charge in [-0.05, 0) is 36.9 Å². The number of nitrogens with one attached hydrogen (secondary N) is 1. The lowest BCUT2D eigenvalue weighted by atomic mass is 10.1. The summed E-state index contributed by atoms with van der Waals surface area (Å²) in [6.07, 6.45) is 1.25. The minimum Gasteiger partial charge on any atom is -0.507 e. The molecule has 0 bridgehead atoms. The van der Waals surface area contributed by atoms with Gasteiger partial charge in [-0.15, -0.1) is 0 Å². The van der Waals surface area contributed by atoms with E-state index in [9.17, 15) is 5.11 Å². The van der Waals surface area contributed by atoms with Crippen molar-refractivity contribution in [2.45, 2.75) is 27.2 Å². The van der Waals surface area contributed by atoms with Gasteiger partial charge in [0.25, 0.3) is 0 Å². The molecule has 5 heteroatoms. The van der Waals surface area contributed by atoms with Crippen molar-refractivity contribution < 1.29 is 14.9 Å². The first-order valence-electron chi connectivity index (χ1n) is 9.74. The summed E-state index contributed by atoms with van der Waals surface area (Å²) in [4.78, 5) is 3.26. The van der Waals surface area contributed by atoms with Crippen molar-refractivity contribution in [3.05, 3.63) is 66.7 Å². The number of hydrogen-bond acceptors (Lipinski definition) is 4. The zero-order valence-corrected chi connectivity index (χ0v) is 17.6. The van der Waals surface area contributed by atoms with Crippen molar-refractivity contribution >= 4 is 21.8 Å². The van der Waals surface area contributed by atoms with Crippen molar-refractivity contribution in [3.63, 3.8) is 0 Å². The number of phenolic OH excluding ortho intramolecular Hbond substituents is 2. The molecule has 5 N–H and O–H groups in total. The van der Waals surface area contributed by atoms with Crippen LogP contribution in [-0.2, 0) is 0 Å². The Morgan fingerprint density at radius 3 is 1.90 bits per heavy atom. The van der Waals surface area contributed by atoms with Crippen LogP contribution in [0.2, 0.25) is 0 Å². The number of aromatic hydroxyl groups is 2. The Kier molecular flexibility index (Phi) is 10.8. The van der Waals surface area contributed by atoms with Crippen LogP contribution in [-0.4, -0.2) is 28.9 Å². The van der Waals surface area contributed by atoms with Gasteiger partial charge in [0.05, 0.1) is 12.6 Å². The molecule has 4 aromatic rings. The van der Waals surface area contributed by atoms with Crippen LogP contribution in [0.1, 0.15) is 27.2 Å². The summed E-state index contributed by atoms with van der Waals surface area (Å²) in [5.41, 5.74) is 6.88. The number of para-hydroxylation sites is 3. The van der Waals surface area contributed by atoms with Crippen LogP contribution in [0.5, 0.6) is 17.2 Å². The number of H-pyrrole nitrogens is 1. The fraction of sp³-hybridized carbons (Fsp3) is 0.250. The van der Waals surface area contributed by atoms with Gasteiger partial charge in [0.15, 0.2) is 11.5 Å². The fourth-order valence-corrected chi connectivity index (χ4v) is 2.51. The first kappa shape index (κ1) is 23.9. The topological polar surface area (TPSA) is 91.5 Å². The Bertz CT molecular complexity index is 978. The molecule has 0 radical (unpaired) electrons. The van der Waals surface area contributed by atoms with Gasteiger partial charge in [0.2, 0.25) is 0 Å². The van der Waals surface area contributed by atoms with Gasteiger partial charge in [-0.25, -0.2) is 0 Å². The third-order valence-electron chi connectivity index (χ3n) is 3.59. The molecular formula is C24H32N2O3. The summed E-state index contributed by atoms with van der Waals surface area (Å²) in [5, 5.41) is 20.7. The third-order valence-corrected chi connectivity index (χ3v) is 3.59. The van der Waals surface area contributed by atoms with Crippen LogP contribution in [0, 0.1) is 0 Å². The van der Waals surface area contributed by atoms with Crippen molar-refractivity contribution in [3.8, 4) is 17.2 Å². The lowest BCUT2D eigenvalue weighted by Crippen LogP contribution is -1.87. The van der Waals surface area contributed by atoms with Gasteiger partial charge < -0.3 is 25.7 Å². The smallest absolute Gasteiger partial charge is 0.160 e. The number of nitrogens with two attached hydrogens (primary N) is 1. The number of hydrogen-bond donors (Lipinski definition) is 4. The highest BCUT2D eigenvalue weighted by Gasteiger charge is 2.06. The molecule has 5 nitrogen and oxygen atoms in total. The molecule has 29 heavy (non-hydrogen) atoms. The Balaban J connectivity index is 0.000000242. The lowest BCUT2D eigenvalue weighted by molar-refractivity contribution is 0.373. The Hall–Kier alpha value is -3.18. The predicted octanol–water partition coefficient (Wildman–Crippen LogP) is 5.81. The minimum atomic E-state index is 0.181. The number of rotatable bonds is 1. The molecule has 0 atom stereocenters. The minimum absolute atomic E-state index is 0.181. The average molecular weight is 397 g/mol. The molecular weight excluding hydrogens is 364 g/mol. The summed E-state index contributed by atoms with van der Waals surface area (Å²) in [5.74, 6) is 1.03. The van der Waals surface area contributed by atoms with Crippen LogP contribution in [0.4, 0.5) is 0 Å². The van der Waals surface area contributed by atoms with Crippen LogP contribution >= 0.6 is 0 Å². The molecule has 3 aromatic carbocycles. The zero-order valence-electron chi connectivity index (χ0n) is 17.6. The van der Waals surface area contributed by atoms with Gasteiger partial charge in [-0.3, -0.25) is 0 Å². The van der Waals surface area contributed by atoms with Crippen LogP contribution in [0.15, 0.2) is 66.7 Å². The van der Waals surface area contributed by atoms with Crippen LogP contribution in [0.25, 0.3) is 21.8 Å². The van der Waals surface area contributed by atoms with E-state index in [4.69, 9.17) is 15.6 Å². The van der Waals surface area contributed by atoms with E-state index in [0.717, 1.165) is 28.4 Å². The van der Waals surface area contributed by atoms with E-state index >= 15 is 0 Å². The number of ether oxygens (including phenoxy) is 1. The maximum absolute atomic E-state index is 9.74. The fourth-order valence-electron chi connectivity index (χ4n) is 2.51. The number of aromatic nitrogens is 1. The second-order valence-electron chi connectivity index (χ2n) is 6.16. The van der Waals surface area contributed by atoms with Gasteiger partial charge in [-0.1, -0.05) is 63.6 Å². The summed E-state index contributed by atoms with van der Waals surface area (Å²) >= 11 is 0. The molecule has 0 aliphatic carbocycles. The molecule has 156 valence electrons. The lowest BCUT2D eigenvalue weighted by Gasteiger charge is -1.99. The van der Waals surface area contributed by atoms with E-state index in [1.54, 1.807) is 30.3 Å². The largest absolute Gasteiger partial charge is 0.507 e. The van der Waals surface area contributed by atoms with Crippen LogP contribution in [0.3, 0.4) is 0 Å². The molecule has 1 heterocycles. The second-order valence-corrected chi connectivity index (χ2v) is 6.16. The van der Waals surface area contributed by atoms with E-state index in [1.807, 2.05) is 43.3 Å². The van der Waals surface area contributed by atoms with Crippen molar-refractivity contribution in [1.29, 1.82) is 0 Å². The molecule has 0 saturated heterocycles. The summed E-state index contributed by atoms with van der Waals surface area (Å²) in [6, 6.07) is 20.3. The first-order valence-corrected chi connectivity index (χ1v) is 9.74. The van der Waals surface area contributed by atoms with E-state index in [0.29, 0.717) is 11.5 Å². The number of aromatic amines is 1. The van der Waals surface area contributed by atoms with Gasteiger partial charge >= 0.3 is 0 Å². The average Bonchev–Trinajstić information content (AvgIpc) is 3.10. The van der Waals surface area contributed by atoms with Crippen LogP contribution < -0.4 is 10.5 Å². The maximum Gasteiger partial charge on any atom is 0.160 e. The number of fused-ring (bicyclic) bond motifs is 3. The van der Waals surface area contributed by atoms with Gasteiger partial charge in [0, 0.05) is 16.3 Å². The predicted molar refractivity (Wildman–Crippen MR) is 123 cm³/mol. The Labute approximate surface area is 172 Å². The molecule has 0 spiro atoms. The number of benzene rings is 3. The Morgan fingerprint density at radius 1 is 0.793 bits per heavy atom. The zero-order chi connectivity index (χ0) is 21.6. The molecule has 0 aliphatic heterocycles. The SMILES string of the molecule is CCC.CCN.COc1ccccc1O.Oc1cccc2[nH]c3ccccc3c12. The van der Waals surface area contributed by atoms with Crippen molar-refractivity contribution in [2.75, 3.05) is 13.7 Å². The first-order chi connectivity index (χ1) is 14.0. The molecule has 0 unspecified atom stereocenters. The summed E-state index contributed by atoms with van der Waals surface area (Å²) < 4.78 is 4.79. The molecule has 0 amide bonds. The monoisotopic (exact) mass is 396 g/mol. The summed E-state index contributed by atoms with van der Waals surface area (Å²) in [6.45, 7) is 6.90. The molecule has 0 saturated carbocycles. The normalized spacial score (nSPS) is 9.41. The highest BCUT2D eigenvalue weighted by Crippen LogP contribution is 2.31. The Morgan fingerprint density at radius 2 is 1.31 bits per heavy atom. The highest BCUT2D eigenvalue weighted by molar-refractivity contribution is 6.10. The highest BCUT2D eigenvalue weighted by atomic mass is 16.5. The quantitative estimate of drug-likeness (QED) is 0.327. The molecule has 4 rings (SSSR count). The summed E-state index contributed by atoms with van der Waals surface area (Å²) in [7, 11) is 1.52. The molecule has 0 fully saturated rings. The van der Waals surface area contributed by atoms with E-state index in [-0.39, 0.29) is 5.75 Å². The third kappa shape index (κ3) is 7.05.